The van der Waals surface area contributed by atoms with Crippen LogP contribution in [0.1, 0.15) is 138 Å². The van der Waals surface area contributed by atoms with Crippen molar-refractivity contribution in [3.63, 3.8) is 0 Å². The van der Waals surface area contributed by atoms with Crippen molar-refractivity contribution in [1.29, 1.82) is 15.8 Å². The lowest BCUT2D eigenvalue weighted by Gasteiger charge is -2.32. The van der Waals surface area contributed by atoms with Gasteiger partial charge in [0.25, 0.3) is 0 Å². The molecule has 75 heavy (non-hydrogen) atoms. The molecule has 6 aliphatic rings. The summed E-state index contributed by atoms with van der Waals surface area (Å²) in [7, 11) is -1.42. The van der Waals surface area contributed by atoms with Gasteiger partial charge in [-0.1, -0.05) is 37.9 Å². The Bertz CT molecular complexity index is 2400. The fraction of sp³-hybridized carbons (Fsp3) is 0.611. The Morgan fingerprint density at radius 2 is 0.827 bits per heavy atom. The van der Waals surface area contributed by atoms with Gasteiger partial charge in [0.1, 0.15) is 47.7 Å². The highest BCUT2D eigenvalue weighted by Crippen LogP contribution is 2.43. The van der Waals surface area contributed by atoms with Crippen LogP contribution >= 0.6 is 31.9 Å². The first-order valence-corrected chi connectivity index (χ1v) is 27.1. The Morgan fingerprint density at radius 1 is 0.493 bits per heavy atom. The predicted molar refractivity (Wildman–Crippen MR) is 292 cm³/mol. The average molecular weight is 1170 g/mol. The molecule has 15 nitrogen and oxygen atoms in total. The number of hydrogen-bond acceptors (Lipinski definition) is 15. The molecule has 0 aliphatic carbocycles. The Labute approximate surface area is 461 Å². The first-order valence-electron chi connectivity index (χ1n) is 25.5. The minimum Gasteiger partial charge on any atom is -0.489 e. The molecule has 1 N–H and O–H groups in total. The third-order valence-electron chi connectivity index (χ3n) is 14.6. The van der Waals surface area contributed by atoms with Gasteiger partial charge in [0.05, 0.1) is 82.8 Å². The SMILES string of the molecule is CC1(C)OB(B2OC(C)(C)C(C)(C)O2)OC1(C)C.CC1(C)OB(c2ccc(OC3CCOCC3)c(C#N)c2)OC1(C)C.N#Cc1cc(Br)ccc1F.N#Cc1cc(Br)ccc1OC1CCOCC1.OC1CCOCC1. The topological polar surface area (TPSA) is 193 Å². The van der Waals surface area contributed by atoms with Gasteiger partial charge in [0.15, 0.2) is 0 Å². The molecule has 6 heterocycles. The minimum absolute atomic E-state index is 0.0642. The monoisotopic (exact) mass is 1170 g/mol. The van der Waals surface area contributed by atoms with E-state index in [1.165, 1.54) is 12.1 Å². The molecule has 0 bridgehead atoms. The summed E-state index contributed by atoms with van der Waals surface area (Å²) in [5, 5.41) is 35.6. The number of nitriles is 3. The van der Waals surface area contributed by atoms with Crippen molar-refractivity contribution in [3.8, 4) is 29.7 Å². The van der Waals surface area contributed by atoms with Gasteiger partial charge in [-0.15, -0.1) is 0 Å². The summed E-state index contributed by atoms with van der Waals surface area (Å²) in [4.78, 5) is 0. The van der Waals surface area contributed by atoms with Crippen LogP contribution in [0, 0.1) is 39.8 Å². The number of hydrogen-bond donors (Lipinski definition) is 1. The number of rotatable bonds is 6. The molecule has 9 rings (SSSR count). The van der Waals surface area contributed by atoms with Gasteiger partial charge in [-0.3, -0.25) is 0 Å². The van der Waals surface area contributed by atoms with Crippen molar-refractivity contribution < 1.29 is 61.1 Å². The van der Waals surface area contributed by atoms with Gasteiger partial charge in [0, 0.05) is 47.8 Å². The highest BCUT2D eigenvalue weighted by molar-refractivity contribution is 9.10. The van der Waals surface area contributed by atoms with E-state index in [2.05, 4.69) is 44.0 Å². The average Bonchev–Trinajstić information content (AvgIpc) is 3.84. The number of aliphatic hydroxyl groups excluding tert-OH is 1. The van der Waals surface area contributed by atoms with Crippen molar-refractivity contribution in [2.75, 3.05) is 39.6 Å². The molecule has 6 saturated heterocycles. The van der Waals surface area contributed by atoms with Crippen LogP contribution in [0.25, 0.3) is 0 Å². The molecule has 6 aliphatic heterocycles. The summed E-state index contributed by atoms with van der Waals surface area (Å²) in [6.45, 7) is 28.6. The van der Waals surface area contributed by atoms with Crippen LogP contribution in [0.3, 0.4) is 0 Å². The number of benzene rings is 3. The Morgan fingerprint density at radius 3 is 1.19 bits per heavy atom. The molecule has 0 amide bonds. The highest BCUT2D eigenvalue weighted by atomic mass is 79.9. The largest absolute Gasteiger partial charge is 0.494 e. The van der Waals surface area contributed by atoms with Gasteiger partial charge in [-0.05, 0) is 150 Å². The molecule has 406 valence electrons. The standard InChI is InChI=1S/C18H24BNO4.C12H24B2O4.C12H12BrNO2.C7H3BrFN.C5H10O2/c1-17(2)18(3,4)24-19(23-17)14-5-6-16(13(11-14)12-20)22-15-7-9-21-10-8-15;1-9(2)10(3,4)16-13(15-9)14-17-11(5,6)12(7,8)18-14;13-10-1-2-12(9(7-10)8-14)16-11-3-5-15-6-4-11;8-6-1-2-7(9)5(3-6)4-10;6-5-1-3-7-4-2-5/h5-6,11,15H,7-10H2,1-4H3;1-8H3;1-2,7,11H,3-6H2;1-3H;5-6H,1-4H2. The zero-order chi connectivity index (χ0) is 55.4. The summed E-state index contributed by atoms with van der Waals surface area (Å²) in [6, 6.07) is 21.4. The highest BCUT2D eigenvalue weighted by Gasteiger charge is 2.63. The van der Waals surface area contributed by atoms with E-state index in [1.807, 2.05) is 107 Å². The zero-order valence-corrected chi connectivity index (χ0v) is 48.7. The van der Waals surface area contributed by atoms with E-state index >= 15 is 0 Å². The number of nitrogens with zero attached hydrogens (tertiary/aromatic N) is 3. The molecule has 0 radical (unpaired) electrons. The zero-order valence-electron chi connectivity index (χ0n) is 45.6. The van der Waals surface area contributed by atoms with E-state index in [0.29, 0.717) is 40.3 Å². The Balaban J connectivity index is 0.000000183. The third-order valence-corrected chi connectivity index (χ3v) is 15.6. The minimum atomic E-state index is -0.481. The van der Waals surface area contributed by atoms with Crippen molar-refractivity contribution in [2.24, 2.45) is 0 Å². The lowest BCUT2D eigenvalue weighted by molar-refractivity contribution is 0.00578. The lowest BCUT2D eigenvalue weighted by atomic mass is 9.49. The Hall–Kier alpha value is -3.59. The van der Waals surface area contributed by atoms with Gasteiger partial charge in [0.2, 0.25) is 0 Å². The van der Waals surface area contributed by atoms with E-state index in [9.17, 15) is 9.65 Å². The maximum Gasteiger partial charge on any atom is 0.494 e. The van der Waals surface area contributed by atoms with Gasteiger partial charge < -0.3 is 56.7 Å². The predicted octanol–water partition coefficient (Wildman–Crippen LogP) is 10.2. The summed E-state index contributed by atoms with van der Waals surface area (Å²) in [5.74, 6) is 0.799. The number of ether oxygens (including phenoxy) is 5. The van der Waals surface area contributed by atoms with Gasteiger partial charge >= 0.3 is 21.1 Å². The van der Waals surface area contributed by atoms with Crippen molar-refractivity contribution >= 4 is 58.5 Å². The molecular formula is C54H73B3Br2FN3O12. The van der Waals surface area contributed by atoms with Crippen molar-refractivity contribution in [3.05, 3.63) is 86.1 Å². The van der Waals surface area contributed by atoms with Crippen LogP contribution < -0.4 is 14.9 Å². The lowest BCUT2D eigenvalue weighted by Crippen LogP contribution is -2.41. The first-order chi connectivity index (χ1) is 35.1. The number of halogens is 3. The van der Waals surface area contributed by atoms with Crippen LogP contribution in [0.15, 0.2) is 63.5 Å². The smallest absolute Gasteiger partial charge is 0.489 e. The summed E-state index contributed by atoms with van der Waals surface area (Å²) in [6.07, 6.45) is 5.31. The maximum atomic E-state index is 12.5. The second kappa shape index (κ2) is 26.8. The van der Waals surface area contributed by atoms with Crippen LogP contribution in [0.5, 0.6) is 11.5 Å². The van der Waals surface area contributed by atoms with Gasteiger partial charge in [-0.2, -0.15) is 15.8 Å². The third kappa shape index (κ3) is 17.2. The number of aliphatic hydroxyl groups is 1. The molecule has 3 aromatic rings. The molecular weight excluding hydrogens is 1090 g/mol. The van der Waals surface area contributed by atoms with Gasteiger partial charge in [-0.25, -0.2) is 4.39 Å². The molecule has 0 atom stereocenters. The van der Waals surface area contributed by atoms with Crippen LogP contribution in [-0.2, 0) is 42.1 Å². The van der Waals surface area contributed by atoms with Crippen LogP contribution in [0.2, 0.25) is 0 Å². The molecule has 21 heteroatoms. The fourth-order valence-corrected chi connectivity index (χ4v) is 8.49. The van der Waals surface area contributed by atoms with Crippen LogP contribution in [0.4, 0.5) is 4.39 Å². The second-order valence-corrected chi connectivity index (χ2v) is 23.7. The maximum absolute atomic E-state index is 12.5. The van der Waals surface area contributed by atoms with Crippen molar-refractivity contribution in [2.45, 2.75) is 174 Å². The quantitative estimate of drug-likeness (QED) is 0.229. The molecule has 3 aromatic carbocycles. The summed E-state index contributed by atoms with van der Waals surface area (Å²) in [5.41, 5.74) is -0.261. The van der Waals surface area contributed by atoms with E-state index in [1.54, 1.807) is 24.3 Å². The molecule has 0 saturated carbocycles. The summed E-state index contributed by atoms with van der Waals surface area (Å²) < 4.78 is 77.5. The normalized spacial score (nSPS) is 22.2. The summed E-state index contributed by atoms with van der Waals surface area (Å²) >= 11 is 6.45. The van der Waals surface area contributed by atoms with Crippen LogP contribution in [-0.4, -0.2) is 118 Å². The van der Waals surface area contributed by atoms with E-state index in [4.69, 9.17) is 67.2 Å². The van der Waals surface area contributed by atoms with E-state index in [0.717, 1.165) is 74.9 Å². The van der Waals surface area contributed by atoms with Crippen molar-refractivity contribution in [1.82, 2.24) is 0 Å². The molecule has 0 aromatic heterocycles. The molecule has 0 unspecified atom stereocenters. The second-order valence-electron chi connectivity index (χ2n) is 21.9. The fourth-order valence-electron chi connectivity index (χ4n) is 7.77. The van der Waals surface area contributed by atoms with E-state index in [-0.39, 0.29) is 46.3 Å². The Kier molecular flexibility index (Phi) is 22.3. The first kappa shape index (κ1) is 62.3. The molecule has 6 fully saturated rings. The van der Waals surface area contributed by atoms with E-state index < -0.39 is 38.2 Å². The molecule has 0 spiro atoms.